The van der Waals surface area contributed by atoms with E-state index in [-0.39, 0.29) is 5.91 Å². The molecular weight excluding hydrogens is 354 g/mol. The summed E-state index contributed by atoms with van der Waals surface area (Å²) < 4.78 is 5.37. The number of hydrogen-bond acceptors (Lipinski definition) is 6. The molecular formula is C18H19N3O2S2. The fraction of sp³-hybridized carbons (Fsp3) is 0.222. The van der Waals surface area contributed by atoms with E-state index >= 15 is 0 Å². The molecule has 0 saturated carbocycles. The van der Waals surface area contributed by atoms with Crippen LogP contribution in [0.2, 0.25) is 0 Å². The number of aromatic nitrogens is 1. The SMILES string of the molecule is COc1ccccc1CNc1nc(-c2ccc(CNC(C)=O)s2)cs1. The molecule has 2 heterocycles. The normalized spacial score (nSPS) is 10.5. The summed E-state index contributed by atoms with van der Waals surface area (Å²) in [5, 5.41) is 9.07. The maximum absolute atomic E-state index is 11.0. The number of thiophene rings is 1. The number of anilines is 1. The molecule has 2 aromatic heterocycles. The molecule has 0 fully saturated rings. The first-order chi connectivity index (χ1) is 12.2. The van der Waals surface area contributed by atoms with Crippen LogP contribution in [0.5, 0.6) is 5.75 Å². The van der Waals surface area contributed by atoms with Crippen molar-refractivity contribution in [3.63, 3.8) is 0 Å². The summed E-state index contributed by atoms with van der Waals surface area (Å²) in [6, 6.07) is 12.0. The van der Waals surface area contributed by atoms with Crippen molar-refractivity contribution >= 4 is 33.7 Å². The maximum atomic E-state index is 11.0. The number of methoxy groups -OCH3 is 1. The van der Waals surface area contributed by atoms with Gasteiger partial charge in [-0.2, -0.15) is 0 Å². The van der Waals surface area contributed by atoms with Crippen molar-refractivity contribution in [3.8, 4) is 16.3 Å². The van der Waals surface area contributed by atoms with Crippen LogP contribution in [-0.2, 0) is 17.9 Å². The predicted octanol–water partition coefficient (Wildman–Crippen LogP) is 4.13. The number of rotatable bonds is 7. The number of para-hydroxylation sites is 1. The van der Waals surface area contributed by atoms with Crippen molar-refractivity contribution in [2.75, 3.05) is 12.4 Å². The van der Waals surface area contributed by atoms with E-state index in [0.717, 1.165) is 31.9 Å². The molecule has 5 nitrogen and oxygen atoms in total. The third-order valence-corrected chi connectivity index (χ3v) is 5.46. The average Bonchev–Trinajstić information content (AvgIpc) is 3.27. The summed E-state index contributed by atoms with van der Waals surface area (Å²) in [5.74, 6) is 0.846. The van der Waals surface area contributed by atoms with Gasteiger partial charge in [0.05, 0.1) is 24.2 Å². The van der Waals surface area contributed by atoms with Crippen LogP contribution in [0.15, 0.2) is 41.8 Å². The molecule has 25 heavy (non-hydrogen) atoms. The van der Waals surface area contributed by atoms with Gasteiger partial charge in [0.25, 0.3) is 0 Å². The summed E-state index contributed by atoms with van der Waals surface area (Å²) in [5.41, 5.74) is 2.04. The van der Waals surface area contributed by atoms with Gasteiger partial charge < -0.3 is 15.4 Å². The lowest BCUT2D eigenvalue weighted by Gasteiger charge is -2.08. The summed E-state index contributed by atoms with van der Waals surface area (Å²) in [7, 11) is 1.68. The lowest BCUT2D eigenvalue weighted by atomic mass is 10.2. The van der Waals surface area contributed by atoms with E-state index in [1.807, 2.05) is 41.8 Å². The van der Waals surface area contributed by atoms with Crippen molar-refractivity contribution in [2.45, 2.75) is 20.0 Å². The molecule has 0 aliphatic rings. The Bertz CT molecular complexity index is 857. The standard InChI is InChI=1S/C18H19N3O2S2/c1-12(22)19-10-14-7-8-17(25-14)15-11-24-18(21-15)20-9-13-5-3-4-6-16(13)23-2/h3-8,11H,9-10H2,1-2H3,(H,19,22)(H,20,21). The van der Waals surface area contributed by atoms with Crippen LogP contribution in [0, 0.1) is 0 Å². The number of ether oxygens (including phenoxy) is 1. The van der Waals surface area contributed by atoms with Crippen molar-refractivity contribution in [1.29, 1.82) is 0 Å². The summed E-state index contributed by atoms with van der Waals surface area (Å²) in [6.07, 6.45) is 0. The van der Waals surface area contributed by atoms with E-state index in [4.69, 9.17) is 4.74 Å². The topological polar surface area (TPSA) is 63.2 Å². The van der Waals surface area contributed by atoms with Gasteiger partial charge in [0.15, 0.2) is 5.13 Å². The molecule has 3 aromatic rings. The van der Waals surface area contributed by atoms with E-state index in [2.05, 4.69) is 15.6 Å². The number of carbonyl (C=O) groups excluding carboxylic acids is 1. The van der Waals surface area contributed by atoms with Crippen LogP contribution in [0.4, 0.5) is 5.13 Å². The minimum Gasteiger partial charge on any atom is -0.496 e. The van der Waals surface area contributed by atoms with Crippen molar-refractivity contribution in [3.05, 3.63) is 52.2 Å². The molecule has 0 spiro atoms. The highest BCUT2D eigenvalue weighted by molar-refractivity contribution is 7.17. The molecule has 2 N–H and O–H groups in total. The zero-order chi connectivity index (χ0) is 17.6. The van der Waals surface area contributed by atoms with Gasteiger partial charge in [0.1, 0.15) is 5.75 Å². The number of carbonyl (C=O) groups is 1. The van der Waals surface area contributed by atoms with Crippen LogP contribution in [0.3, 0.4) is 0 Å². The Balaban J connectivity index is 1.63. The van der Waals surface area contributed by atoms with E-state index in [1.165, 1.54) is 6.92 Å². The third kappa shape index (κ3) is 4.58. The first-order valence-corrected chi connectivity index (χ1v) is 9.50. The Labute approximate surface area is 154 Å². The summed E-state index contributed by atoms with van der Waals surface area (Å²) in [4.78, 5) is 17.9. The smallest absolute Gasteiger partial charge is 0.217 e. The van der Waals surface area contributed by atoms with Crippen molar-refractivity contribution < 1.29 is 9.53 Å². The minimum atomic E-state index is -0.0218. The van der Waals surface area contributed by atoms with Gasteiger partial charge >= 0.3 is 0 Å². The summed E-state index contributed by atoms with van der Waals surface area (Å²) in [6.45, 7) is 2.74. The molecule has 0 atom stereocenters. The first-order valence-electron chi connectivity index (χ1n) is 7.80. The zero-order valence-electron chi connectivity index (χ0n) is 14.0. The van der Waals surface area contributed by atoms with Crippen molar-refractivity contribution in [1.82, 2.24) is 10.3 Å². The lowest BCUT2D eigenvalue weighted by Crippen LogP contribution is -2.17. The Morgan fingerprint density at radius 1 is 1.20 bits per heavy atom. The quantitative estimate of drug-likeness (QED) is 0.654. The number of hydrogen-bond donors (Lipinski definition) is 2. The third-order valence-electron chi connectivity index (χ3n) is 3.55. The molecule has 130 valence electrons. The Hall–Kier alpha value is -2.38. The van der Waals surface area contributed by atoms with Crippen molar-refractivity contribution in [2.24, 2.45) is 0 Å². The number of nitrogens with one attached hydrogen (secondary N) is 2. The number of thiazole rings is 1. The molecule has 0 radical (unpaired) electrons. The zero-order valence-corrected chi connectivity index (χ0v) is 15.7. The maximum Gasteiger partial charge on any atom is 0.217 e. The number of benzene rings is 1. The molecule has 0 unspecified atom stereocenters. The Morgan fingerprint density at radius 2 is 2.04 bits per heavy atom. The molecule has 0 bridgehead atoms. The summed E-state index contributed by atoms with van der Waals surface area (Å²) >= 11 is 3.22. The fourth-order valence-corrected chi connectivity index (χ4v) is 4.00. The molecule has 0 aliphatic heterocycles. The molecule has 1 aromatic carbocycles. The second-order valence-corrected chi connectivity index (χ2v) is 7.41. The number of amides is 1. The van der Waals surface area contributed by atoms with E-state index in [1.54, 1.807) is 29.8 Å². The van der Waals surface area contributed by atoms with Gasteiger partial charge in [-0.25, -0.2) is 4.98 Å². The molecule has 3 rings (SSSR count). The van der Waals surface area contributed by atoms with Crippen LogP contribution >= 0.6 is 22.7 Å². The minimum absolute atomic E-state index is 0.0218. The van der Waals surface area contributed by atoms with Gasteiger partial charge in [0.2, 0.25) is 5.91 Å². The highest BCUT2D eigenvalue weighted by atomic mass is 32.1. The monoisotopic (exact) mass is 373 g/mol. The second kappa shape index (κ2) is 8.13. The molecule has 7 heteroatoms. The van der Waals surface area contributed by atoms with E-state index < -0.39 is 0 Å². The van der Waals surface area contributed by atoms with Gasteiger partial charge in [-0.1, -0.05) is 18.2 Å². The Morgan fingerprint density at radius 3 is 2.84 bits per heavy atom. The molecule has 1 amide bonds. The highest BCUT2D eigenvalue weighted by Crippen LogP contribution is 2.31. The van der Waals surface area contributed by atoms with Gasteiger partial charge in [0, 0.05) is 29.3 Å². The largest absolute Gasteiger partial charge is 0.496 e. The van der Waals surface area contributed by atoms with E-state index in [9.17, 15) is 4.79 Å². The van der Waals surface area contributed by atoms with Gasteiger partial charge in [-0.15, -0.1) is 22.7 Å². The van der Waals surface area contributed by atoms with Gasteiger partial charge in [-0.3, -0.25) is 4.79 Å². The first kappa shape index (κ1) is 17.4. The molecule has 0 aliphatic carbocycles. The predicted molar refractivity (Wildman–Crippen MR) is 103 cm³/mol. The van der Waals surface area contributed by atoms with Crippen LogP contribution in [0.25, 0.3) is 10.6 Å². The molecule has 0 saturated heterocycles. The average molecular weight is 374 g/mol. The Kier molecular flexibility index (Phi) is 5.67. The van der Waals surface area contributed by atoms with Gasteiger partial charge in [-0.05, 0) is 18.2 Å². The lowest BCUT2D eigenvalue weighted by molar-refractivity contribution is -0.119. The van der Waals surface area contributed by atoms with Crippen LogP contribution in [0.1, 0.15) is 17.4 Å². The van der Waals surface area contributed by atoms with E-state index in [0.29, 0.717) is 13.1 Å². The second-order valence-electron chi connectivity index (χ2n) is 5.38. The van der Waals surface area contributed by atoms with Crippen LogP contribution in [-0.4, -0.2) is 18.0 Å². The van der Waals surface area contributed by atoms with Crippen LogP contribution < -0.4 is 15.4 Å². The highest BCUT2D eigenvalue weighted by Gasteiger charge is 2.09. The fourth-order valence-electron chi connectivity index (χ4n) is 2.31. The number of nitrogens with zero attached hydrogens (tertiary/aromatic N) is 1.